The zero-order valence-electron chi connectivity index (χ0n) is 11.3. The smallest absolute Gasteiger partial charge is 0.385 e. The second-order valence-electron chi connectivity index (χ2n) is 4.81. The van der Waals surface area contributed by atoms with Crippen molar-refractivity contribution in [1.29, 1.82) is 0 Å². The Hall–Kier alpha value is -1.53. The van der Waals surface area contributed by atoms with Crippen LogP contribution in [-0.4, -0.2) is 15.8 Å². The van der Waals surface area contributed by atoms with Crippen LogP contribution in [-0.2, 0) is 11.8 Å². The van der Waals surface area contributed by atoms with E-state index in [1.165, 1.54) is 17.8 Å². The molecule has 0 saturated carbocycles. The van der Waals surface area contributed by atoms with Crippen LogP contribution in [0.4, 0.5) is 13.2 Å². The predicted molar refractivity (Wildman–Crippen MR) is 76.0 cm³/mol. The Balaban J connectivity index is 2.03. The molecule has 0 fully saturated rings. The minimum Gasteiger partial charge on any atom is -0.385 e. The van der Waals surface area contributed by atoms with Crippen molar-refractivity contribution in [2.45, 2.75) is 23.7 Å². The van der Waals surface area contributed by atoms with E-state index < -0.39 is 17.3 Å². The van der Waals surface area contributed by atoms with Crippen molar-refractivity contribution in [3.8, 4) is 0 Å². The lowest BCUT2D eigenvalue weighted by Crippen LogP contribution is -2.24. The van der Waals surface area contributed by atoms with E-state index >= 15 is 0 Å². The molecule has 2 rings (SSSR count). The molecule has 6 heteroatoms. The predicted octanol–water partition coefficient (Wildman–Crippen LogP) is 4.10. The first-order valence-electron chi connectivity index (χ1n) is 6.23. The SMILES string of the molecule is CC(O)(CSc1ccc(C(F)(F)F)cn1)c1ccccc1. The number of pyridine rings is 1. The Morgan fingerprint density at radius 2 is 1.71 bits per heavy atom. The summed E-state index contributed by atoms with van der Waals surface area (Å²) >= 11 is 1.21. The fourth-order valence-electron chi connectivity index (χ4n) is 1.73. The molecule has 112 valence electrons. The number of hydrogen-bond acceptors (Lipinski definition) is 3. The lowest BCUT2D eigenvalue weighted by Gasteiger charge is -2.23. The highest BCUT2D eigenvalue weighted by Gasteiger charge is 2.30. The normalized spacial score (nSPS) is 14.7. The average Bonchev–Trinajstić information content (AvgIpc) is 2.46. The number of halogens is 3. The zero-order valence-corrected chi connectivity index (χ0v) is 12.1. The minimum absolute atomic E-state index is 0.301. The second kappa shape index (κ2) is 6.07. The van der Waals surface area contributed by atoms with Crippen molar-refractivity contribution in [2.75, 3.05) is 5.75 Å². The van der Waals surface area contributed by atoms with Gasteiger partial charge in [-0.15, -0.1) is 11.8 Å². The summed E-state index contributed by atoms with van der Waals surface area (Å²) in [5, 5.41) is 10.8. The van der Waals surface area contributed by atoms with Gasteiger partial charge in [0.15, 0.2) is 0 Å². The van der Waals surface area contributed by atoms with Gasteiger partial charge in [-0.3, -0.25) is 0 Å². The minimum atomic E-state index is -4.38. The number of aliphatic hydroxyl groups is 1. The molecule has 0 amide bonds. The average molecular weight is 313 g/mol. The van der Waals surface area contributed by atoms with Gasteiger partial charge in [0.1, 0.15) is 0 Å². The first-order chi connectivity index (χ1) is 9.79. The largest absolute Gasteiger partial charge is 0.417 e. The summed E-state index contributed by atoms with van der Waals surface area (Å²) < 4.78 is 37.3. The number of rotatable bonds is 4. The van der Waals surface area contributed by atoms with Crippen molar-refractivity contribution in [2.24, 2.45) is 0 Å². The molecule has 1 aromatic carbocycles. The topological polar surface area (TPSA) is 33.1 Å². The molecule has 1 heterocycles. The molecule has 0 spiro atoms. The standard InChI is InChI=1S/C15H14F3NOS/c1-14(20,11-5-3-2-4-6-11)10-21-13-8-7-12(9-19-13)15(16,17)18/h2-9,20H,10H2,1H3. The van der Waals surface area contributed by atoms with Crippen molar-refractivity contribution in [1.82, 2.24) is 4.98 Å². The Bertz CT molecular complexity index is 582. The van der Waals surface area contributed by atoms with E-state index in [2.05, 4.69) is 4.98 Å². The highest BCUT2D eigenvalue weighted by Crippen LogP contribution is 2.31. The van der Waals surface area contributed by atoms with E-state index in [9.17, 15) is 18.3 Å². The van der Waals surface area contributed by atoms with Gasteiger partial charge in [-0.05, 0) is 24.6 Å². The van der Waals surface area contributed by atoms with Gasteiger partial charge in [0.25, 0.3) is 0 Å². The summed E-state index contributed by atoms with van der Waals surface area (Å²) in [4.78, 5) is 3.77. The molecule has 0 aliphatic heterocycles. The number of aromatic nitrogens is 1. The number of thioether (sulfide) groups is 1. The number of alkyl halides is 3. The van der Waals surface area contributed by atoms with E-state index in [1.54, 1.807) is 19.1 Å². The lowest BCUT2D eigenvalue weighted by atomic mass is 9.99. The Morgan fingerprint density at radius 3 is 2.24 bits per heavy atom. The molecule has 0 saturated heterocycles. The number of hydrogen-bond donors (Lipinski definition) is 1. The molecule has 1 atom stereocenters. The van der Waals surface area contributed by atoms with Crippen molar-refractivity contribution < 1.29 is 18.3 Å². The maximum atomic E-state index is 12.4. The summed E-state index contributed by atoms with van der Waals surface area (Å²) in [6, 6.07) is 11.4. The van der Waals surface area contributed by atoms with Gasteiger partial charge in [-0.1, -0.05) is 30.3 Å². The zero-order chi connectivity index (χ0) is 15.5. The molecule has 1 unspecified atom stereocenters. The van der Waals surface area contributed by atoms with E-state index in [1.807, 2.05) is 18.2 Å². The Kier molecular flexibility index (Phi) is 4.58. The van der Waals surface area contributed by atoms with Crippen molar-refractivity contribution >= 4 is 11.8 Å². The molecule has 1 aromatic heterocycles. The van der Waals surface area contributed by atoms with Gasteiger partial charge in [-0.2, -0.15) is 13.2 Å². The molecular formula is C15H14F3NOS. The summed E-state index contributed by atoms with van der Waals surface area (Å²) in [5.74, 6) is 0.301. The highest BCUT2D eigenvalue weighted by atomic mass is 32.2. The molecule has 0 aliphatic rings. The van der Waals surface area contributed by atoms with Crippen LogP contribution >= 0.6 is 11.8 Å². The maximum Gasteiger partial charge on any atom is 0.417 e. The molecule has 1 N–H and O–H groups in total. The molecule has 21 heavy (non-hydrogen) atoms. The van der Waals surface area contributed by atoms with Crippen LogP contribution in [0.15, 0.2) is 53.7 Å². The van der Waals surface area contributed by atoms with E-state index in [-0.39, 0.29) is 0 Å². The van der Waals surface area contributed by atoms with E-state index in [0.29, 0.717) is 10.8 Å². The van der Waals surface area contributed by atoms with Crippen molar-refractivity contribution in [3.05, 3.63) is 59.8 Å². The summed E-state index contributed by atoms with van der Waals surface area (Å²) in [7, 11) is 0. The lowest BCUT2D eigenvalue weighted by molar-refractivity contribution is -0.137. The van der Waals surface area contributed by atoms with Gasteiger partial charge < -0.3 is 5.11 Å². The van der Waals surface area contributed by atoms with Gasteiger partial charge in [-0.25, -0.2) is 4.98 Å². The molecule has 0 radical (unpaired) electrons. The molecule has 2 aromatic rings. The Morgan fingerprint density at radius 1 is 1.05 bits per heavy atom. The van der Waals surface area contributed by atoms with Crippen LogP contribution < -0.4 is 0 Å². The molecule has 0 bridgehead atoms. The van der Waals surface area contributed by atoms with E-state index in [4.69, 9.17) is 0 Å². The van der Waals surface area contributed by atoms with Crippen LogP contribution in [0.2, 0.25) is 0 Å². The van der Waals surface area contributed by atoms with Gasteiger partial charge in [0, 0.05) is 11.9 Å². The van der Waals surface area contributed by atoms with E-state index in [0.717, 1.165) is 17.8 Å². The van der Waals surface area contributed by atoms with Gasteiger partial charge in [0.05, 0.1) is 16.2 Å². The maximum absolute atomic E-state index is 12.4. The quantitative estimate of drug-likeness (QED) is 0.863. The fraction of sp³-hybridized carbons (Fsp3) is 0.267. The van der Waals surface area contributed by atoms with Crippen LogP contribution in [0.25, 0.3) is 0 Å². The third kappa shape index (κ3) is 4.22. The summed E-state index contributed by atoms with van der Waals surface area (Å²) in [6.07, 6.45) is -3.58. The second-order valence-corrected chi connectivity index (χ2v) is 5.81. The van der Waals surface area contributed by atoms with Crippen molar-refractivity contribution in [3.63, 3.8) is 0 Å². The first kappa shape index (κ1) is 15.9. The van der Waals surface area contributed by atoms with Crippen LogP contribution in [0.5, 0.6) is 0 Å². The van der Waals surface area contributed by atoms with Gasteiger partial charge in [0.2, 0.25) is 0 Å². The Labute approximate surface area is 125 Å². The number of nitrogens with zero attached hydrogens (tertiary/aromatic N) is 1. The van der Waals surface area contributed by atoms with Crippen LogP contribution in [0.3, 0.4) is 0 Å². The summed E-state index contributed by atoms with van der Waals surface area (Å²) in [5.41, 5.74) is -1.10. The van der Waals surface area contributed by atoms with Crippen LogP contribution in [0, 0.1) is 0 Å². The highest BCUT2D eigenvalue weighted by molar-refractivity contribution is 7.99. The molecular weight excluding hydrogens is 299 g/mol. The molecule has 0 aliphatic carbocycles. The monoisotopic (exact) mass is 313 g/mol. The van der Waals surface area contributed by atoms with Crippen LogP contribution in [0.1, 0.15) is 18.1 Å². The third-order valence-electron chi connectivity index (χ3n) is 2.96. The third-order valence-corrected chi connectivity index (χ3v) is 4.20. The molecule has 2 nitrogen and oxygen atoms in total. The number of benzene rings is 1. The summed E-state index contributed by atoms with van der Waals surface area (Å²) in [6.45, 7) is 1.67. The first-order valence-corrected chi connectivity index (χ1v) is 7.21. The fourth-order valence-corrected chi connectivity index (χ4v) is 2.62. The van der Waals surface area contributed by atoms with Gasteiger partial charge >= 0.3 is 6.18 Å².